The maximum atomic E-state index is 11.4. The van der Waals surface area contributed by atoms with Crippen LogP contribution in [0.25, 0.3) is 11.0 Å². The summed E-state index contributed by atoms with van der Waals surface area (Å²) in [6.45, 7) is 2.51. The van der Waals surface area contributed by atoms with Gasteiger partial charge in [-0.3, -0.25) is 4.79 Å². The fraction of sp³-hybridized carbons (Fsp3) is 0.333. The highest BCUT2D eigenvalue weighted by molar-refractivity contribution is 6.42. The minimum atomic E-state index is -0.274. The average molecular weight is 302 g/mol. The summed E-state index contributed by atoms with van der Waals surface area (Å²) in [5.74, 6) is 0.0430. The second-order valence-electron chi connectivity index (χ2n) is 3.93. The third-order valence-electron chi connectivity index (χ3n) is 2.66. The molecule has 0 saturated heterocycles. The van der Waals surface area contributed by atoms with Gasteiger partial charge >= 0.3 is 5.97 Å². The van der Waals surface area contributed by atoms with Gasteiger partial charge in [-0.25, -0.2) is 4.98 Å². The second-order valence-corrected chi connectivity index (χ2v) is 4.75. The van der Waals surface area contributed by atoms with E-state index < -0.39 is 0 Å². The zero-order valence-corrected chi connectivity index (χ0v) is 11.8. The molecule has 0 saturated carbocycles. The Bertz CT molecular complexity index is 625. The number of carbonyl (C=O) groups is 1. The van der Waals surface area contributed by atoms with Gasteiger partial charge in [0.15, 0.2) is 0 Å². The number of hydrogen-bond acceptors (Lipinski definition) is 4. The van der Waals surface area contributed by atoms with Gasteiger partial charge in [0.05, 0.1) is 34.1 Å². The number of esters is 1. The molecule has 0 fully saturated rings. The Morgan fingerprint density at radius 1 is 1.42 bits per heavy atom. The van der Waals surface area contributed by atoms with E-state index in [4.69, 9.17) is 33.7 Å². The molecule has 1 aromatic carbocycles. The first-order valence-corrected chi connectivity index (χ1v) is 6.55. The number of nitrogens with zero attached hydrogens (tertiary/aromatic N) is 2. The summed E-state index contributed by atoms with van der Waals surface area (Å²) in [6, 6.07) is 3.34. The Kier molecular flexibility index (Phi) is 4.17. The smallest absolute Gasteiger partial charge is 0.307 e. The molecule has 0 radical (unpaired) electrons. The van der Waals surface area contributed by atoms with E-state index in [-0.39, 0.29) is 12.4 Å². The van der Waals surface area contributed by atoms with Crippen molar-refractivity contribution in [2.75, 3.05) is 12.3 Å². The van der Waals surface area contributed by atoms with Crippen LogP contribution < -0.4 is 5.73 Å². The van der Waals surface area contributed by atoms with E-state index in [1.165, 1.54) is 0 Å². The summed E-state index contributed by atoms with van der Waals surface area (Å²) in [4.78, 5) is 15.5. The van der Waals surface area contributed by atoms with Crippen LogP contribution in [-0.2, 0) is 16.1 Å². The van der Waals surface area contributed by atoms with E-state index >= 15 is 0 Å². The maximum absolute atomic E-state index is 11.4. The first kappa shape index (κ1) is 14.0. The molecule has 2 rings (SSSR count). The number of imidazole rings is 1. The van der Waals surface area contributed by atoms with Crippen LogP contribution in [0.1, 0.15) is 13.3 Å². The van der Waals surface area contributed by atoms with E-state index in [2.05, 4.69) is 4.98 Å². The van der Waals surface area contributed by atoms with E-state index in [0.29, 0.717) is 34.7 Å². The maximum Gasteiger partial charge on any atom is 0.307 e. The van der Waals surface area contributed by atoms with Gasteiger partial charge < -0.3 is 15.0 Å². The zero-order chi connectivity index (χ0) is 14.0. The van der Waals surface area contributed by atoms with E-state index in [1.54, 1.807) is 23.6 Å². The summed E-state index contributed by atoms with van der Waals surface area (Å²) in [5, 5.41) is 0.843. The number of hydrogen-bond donors (Lipinski definition) is 1. The standard InChI is InChI=1S/C12H13Cl2N3O2/c1-2-19-11(18)3-4-17-10-6-8(14)7(13)5-9(10)16-12(17)15/h5-6H,2-4H2,1H3,(H2,15,16). The highest BCUT2D eigenvalue weighted by atomic mass is 35.5. The van der Waals surface area contributed by atoms with Gasteiger partial charge in [-0.2, -0.15) is 0 Å². The predicted molar refractivity (Wildman–Crippen MR) is 75.4 cm³/mol. The van der Waals surface area contributed by atoms with Gasteiger partial charge in [0.2, 0.25) is 5.95 Å². The molecule has 19 heavy (non-hydrogen) atoms. The quantitative estimate of drug-likeness (QED) is 0.882. The number of fused-ring (bicyclic) bond motifs is 1. The fourth-order valence-electron chi connectivity index (χ4n) is 1.81. The van der Waals surface area contributed by atoms with E-state index in [0.717, 1.165) is 5.52 Å². The largest absolute Gasteiger partial charge is 0.466 e. The Balaban J connectivity index is 2.30. The van der Waals surface area contributed by atoms with Crippen LogP contribution in [0.4, 0.5) is 5.95 Å². The molecule has 102 valence electrons. The first-order valence-electron chi connectivity index (χ1n) is 5.79. The third-order valence-corrected chi connectivity index (χ3v) is 3.39. The molecule has 0 aliphatic heterocycles. The summed E-state index contributed by atoms with van der Waals surface area (Å²) >= 11 is 11.9. The van der Waals surface area contributed by atoms with Crippen molar-refractivity contribution in [3.63, 3.8) is 0 Å². The van der Waals surface area contributed by atoms with Gasteiger partial charge in [-0.1, -0.05) is 23.2 Å². The highest BCUT2D eigenvalue weighted by Gasteiger charge is 2.12. The molecule has 0 amide bonds. The minimum Gasteiger partial charge on any atom is -0.466 e. The Labute approximate surface area is 120 Å². The summed E-state index contributed by atoms with van der Waals surface area (Å²) < 4.78 is 6.59. The molecule has 0 unspecified atom stereocenters. The monoisotopic (exact) mass is 301 g/mol. The molecule has 1 aromatic heterocycles. The molecule has 2 N–H and O–H groups in total. The molecular formula is C12H13Cl2N3O2. The lowest BCUT2D eigenvalue weighted by molar-refractivity contribution is -0.143. The van der Waals surface area contributed by atoms with Crippen molar-refractivity contribution < 1.29 is 9.53 Å². The zero-order valence-electron chi connectivity index (χ0n) is 10.3. The molecule has 0 atom stereocenters. The Morgan fingerprint density at radius 3 is 2.79 bits per heavy atom. The molecular weight excluding hydrogens is 289 g/mol. The van der Waals surface area contributed by atoms with Crippen molar-refractivity contribution in [1.82, 2.24) is 9.55 Å². The van der Waals surface area contributed by atoms with Gasteiger partial charge in [0.1, 0.15) is 0 Å². The van der Waals surface area contributed by atoms with Crippen molar-refractivity contribution in [3.8, 4) is 0 Å². The van der Waals surface area contributed by atoms with Crippen LogP contribution >= 0.6 is 23.2 Å². The highest BCUT2D eigenvalue weighted by Crippen LogP contribution is 2.29. The molecule has 7 heteroatoms. The molecule has 1 heterocycles. The van der Waals surface area contributed by atoms with Crippen molar-refractivity contribution in [2.24, 2.45) is 0 Å². The first-order chi connectivity index (χ1) is 9.02. The van der Waals surface area contributed by atoms with Crippen LogP contribution in [0, 0.1) is 0 Å². The van der Waals surface area contributed by atoms with Crippen LogP contribution in [0.2, 0.25) is 10.0 Å². The Hall–Kier alpha value is -1.46. The lowest BCUT2D eigenvalue weighted by Gasteiger charge is -2.06. The number of aryl methyl sites for hydroxylation is 1. The summed E-state index contributed by atoms with van der Waals surface area (Å²) in [5.41, 5.74) is 7.22. The Morgan fingerprint density at radius 2 is 2.11 bits per heavy atom. The third kappa shape index (κ3) is 2.93. The van der Waals surface area contributed by atoms with Gasteiger partial charge in [-0.05, 0) is 19.1 Å². The summed E-state index contributed by atoms with van der Waals surface area (Å²) in [6.07, 6.45) is 0.226. The molecule has 0 bridgehead atoms. The number of ether oxygens (including phenoxy) is 1. The van der Waals surface area contributed by atoms with Crippen molar-refractivity contribution in [3.05, 3.63) is 22.2 Å². The minimum absolute atomic E-state index is 0.226. The molecule has 5 nitrogen and oxygen atoms in total. The predicted octanol–water partition coefficient (Wildman–Crippen LogP) is 2.88. The van der Waals surface area contributed by atoms with Crippen LogP contribution in [0.5, 0.6) is 0 Å². The SMILES string of the molecule is CCOC(=O)CCn1c(N)nc2cc(Cl)c(Cl)cc21. The molecule has 0 aliphatic rings. The summed E-state index contributed by atoms with van der Waals surface area (Å²) in [7, 11) is 0. The van der Waals surface area contributed by atoms with E-state index in [1.807, 2.05) is 0 Å². The van der Waals surface area contributed by atoms with Crippen LogP contribution in [0.3, 0.4) is 0 Å². The van der Waals surface area contributed by atoms with E-state index in [9.17, 15) is 4.79 Å². The van der Waals surface area contributed by atoms with Crippen LogP contribution in [-0.4, -0.2) is 22.1 Å². The lowest BCUT2D eigenvalue weighted by atomic mass is 10.3. The number of halogens is 2. The van der Waals surface area contributed by atoms with Crippen LogP contribution in [0.15, 0.2) is 12.1 Å². The normalized spacial score (nSPS) is 10.9. The van der Waals surface area contributed by atoms with Crippen molar-refractivity contribution in [1.29, 1.82) is 0 Å². The van der Waals surface area contributed by atoms with Gasteiger partial charge in [0.25, 0.3) is 0 Å². The fourth-order valence-corrected chi connectivity index (χ4v) is 2.13. The number of rotatable bonds is 4. The van der Waals surface area contributed by atoms with Gasteiger partial charge in [0, 0.05) is 6.54 Å². The molecule has 2 aromatic rings. The number of anilines is 1. The lowest BCUT2D eigenvalue weighted by Crippen LogP contribution is -2.10. The average Bonchev–Trinajstić information content (AvgIpc) is 2.63. The van der Waals surface area contributed by atoms with Crippen molar-refractivity contribution in [2.45, 2.75) is 19.9 Å². The number of aromatic nitrogens is 2. The van der Waals surface area contributed by atoms with Gasteiger partial charge in [-0.15, -0.1) is 0 Å². The second kappa shape index (κ2) is 5.67. The molecule has 0 spiro atoms. The van der Waals surface area contributed by atoms with Crippen molar-refractivity contribution >= 4 is 46.2 Å². The number of benzene rings is 1. The number of nitrogen functional groups attached to an aromatic ring is 1. The number of nitrogens with two attached hydrogens (primary N) is 1. The number of carbonyl (C=O) groups excluding carboxylic acids is 1. The molecule has 0 aliphatic carbocycles. The topological polar surface area (TPSA) is 70.1 Å².